The molecule has 6 nitrogen and oxygen atoms in total. The van der Waals surface area contributed by atoms with Gasteiger partial charge in [0.1, 0.15) is 10.3 Å². The summed E-state index contributed by atoms with van der Waals surface area (Å²) in [6.45, 7) is 6.07. The van der Waals surface area contributed by atoms with Gasteiger partial charge in [-0.3, -0.25) is 4.99 Å². The number of benzene rings is 2. The Kier molecular flexibility index (Phi) is 5.59. The first-order valence-corrected chi connectivity index (χ1v) is 11.2. The number of para-hydroxylation sites is 1. The molecule has 4 rings (SSSR count). The second-order valence-electron chi connectivity index (χ2n) is 8.20. The number of anilines is 2. The van der Waals surface area contributed by atoms with Crippen molar-refractivity contribution >= 4 is 50.3 Å². The lowest BCUT2D eigenvalue weighted by atomic mass is 9.99. The van der Waals surface area contributed by atoms with Crippen LogP contribution in [-0.4, -0.2) is 36.7 Å². The summed E-state index contributed by atoms with van der Waals surface area (Å²) in [5.41, 5.74) is 2.16. The molecule has 0 aliphatic carbocycles. The van der Waals surface area contributed by atoms with Crippen LogP contribution in [0.4, 0.5) is 16.2 Å². The summed E-state index contributed by atoms with van der Waals surface area (Å²) in [5, 5.41) is 4.17. The predicted octanol–water partition coefficient (Wildman–Crippen LogP) is 5.59. The lowest BCUT2D eigenvalue weighted by Gasteiger charge is -2.33. The Morgan fingerprint density at radius 3 is 2.60 bits per heavy atom. The summed E-state index contributed by atoms with van der Waals surface area (Å²) in [7, 11) is 1.62. The largest absolute Gasteiger partial charge is 0.443 e. The molecule has 0 unspecified atom stereocenters. The topological polar surface area (TPSA) is 63.2 Å². The lowest BCUT2D eigenvalue weighted by Crippen LogP contribution is -2.49. The fourth-order valence-corrected chi connectivity index (χ4v) is 5.35. The molecule has 0 radical (unpaired) electrons. The molecule has 1 amide bonds. The van der Waals surface area contributed by atoms with Crippen LogP contribution in [-0.2, 0) is 14.2 Å². The van der Waals surface area contributed by atoms with Gasteiger partial charge in [0.05, 0.1) is 12.2 Å². The molecule has 0 fully saturated rings. The van der Waals surface area contributed by atoms with Crippen LogP contribution < -0.4 is 10.2 Å². The summed E-state index contributed by atoms with van der Waals surface area (Å²) in [4.78, 5) is 19.5. The van der Waals surface area contributed by atoms with Crippen molar-refractivity contribution < 1.29 is 14.3 Å². The molecule has 2 aromatic rings. The smallest absolute Gasteiger partial charge is 0.417 e. The van der Waals surface area contributed by atoms with Gasteiger partial charge in [0, 0.05) is 17.3 Å². The van der Waals surface area contributed by atoms with Gasteiger partial charge >= 0.3 is 6.09 Å². The third kappa shape index (κ3) is 3.84. The average molecular weight is 490 g/mol. The number of nitrogens with one attached hydrogen (secondary N) is 1. The van der Waals surface area contributed by atoms with E-state index in [2.05, 4.69) is 21.2 Å². The number of nitrogens with zero attached hydrogens (tertiary/aromatic N) is 2. The number of ether oxygens (including phenoxy) is 2. The van der Waals surface area contributed by atoms with E-state index in [0.717, 1.165) is 26.6 Å². The highest BCUT2D eigenvalue weighted by Gasteiger charge is 2.57. The number of thioether (sulfide) groups is 1. The van der Waals surface area contributed by atoms with Crippen LogP contribution in [0.5, 0.6) is 0 Å². The van der Waals surface area contributed by atoms with E-state index in [-0.39, 0.29) is 0 Å². The zero-order valence-electron chi connectivity index (χ0n) is 17.3. The number of carbonyl (C=O) groups is 1. The third-order valence-electron chi connectivity index (χ3n) is 4.90. The molecule has 8 heteroatoms. The minimum absolute atomic E-state index is 0.423. The molecule has 0 saturated heterocycles. The maximum Gasteiger partial charge on any atom is 0.417 e. The van der Waals surface area contributed by atoms with Crippen LogP contribution in [0.1, 0.15) is 26.3 Å². The van der Waals surface area contributed by atoms with Gasteiger partial charge in [-0.1, -0.05) is 45.9 Å². The molecule has 2 aliphatic heterocycles. The number of halogens is 1. The summed E-state index contributed by atoms with van der Waals surface area (Å²) < 4.78 is 12.1. The monoisotopic (exact) mass is 489 g/mol. The highest BCUT2D eigenvalue weighted by molar-refractivity contribution is 9.10. The molecule has 0 bridgehead atoms. The van der Waals surface area contributed by atoms with Gasteiger partial charge in [0.25, 0.3) is 0 Å². The molecule has 30 heavy (non-hydrogen) atoms. The van der Waals surface area contributed by atoms with E-state index in [1.54, 1.807) is 23.8 Å². The number of aliphatic imine (C=N–C) groups is 1. The Morgan fingerprint density at radius 1 is 1.23 bits per heavy atom. The van der Waals surface area contributed by atoms with E-state index >= 15 is 0 Å². The minimum atomic E-state index is -0.603. The SMILES string of the molecule is CO[C@@H]1N(C(=O)OC(C)(C)C)c2ccccc2[C@@]12CN=C(Nc1ccc(Br)cc1)S2. The van der Waals surface area contributed by atoms with E-state index in [0.29, 0.717) is 6.54 Å². The van der Waals surface area contributed by atoms with Crippen LogP contribution in [0.3, 0.4) is 0 Å². The fourth-order valence-electron chi connectivity index (χ4n) is 3.73. The minimum Gasteiger partial charge on any atom is -0.443 e. The van der Waals surface area contributed by atoms with E-state index in [1.807, 2.05) is 69.3 Å². The lowest BCUT2D eigenvalue weighted by molar-refractivity contribution is 0.0337. The maximum absolute atomic E-state index is 13.1. The predicted molar refractivity (Wildman–Crippen MR) is 125 cm³/mol. The van der Waals surface area contributed by atoms with Crippen LogP contribution in [0.2, 0.25) is 0 Å². The molecule has 2 aliphatic rings. The van der Waals surface area contributed by atoms with E-state index in [4.69, 9.17) is 14.5 Å². The second-order valence-corrected chi connectivity index (χ2v) is 10.4. The van der Waals surface area contributed by atoms with E-state index in [1.165, 1.54) is 0 Å². The first-order valence-electron chi connectivity index (χ1n) is 9.64. The van der Waals surface area contributed by atoms with Gasteiger partial charge in [-0.2, -0.15) is 0 Å². The number of rotatable bonds is 2. The van der Waals surface area contributed by atoms with Crippen molar-refractivity contribution in [3.63, 3.8) is 0 Å². The van der Waals surface area contributed by atoms with Crippen LogP contribution >= 0.6 is 27.7 Å². The number of hydrogen-bond donors (Lipinski definition) is 1. The van der Waals surface area contributed by atoms with Crippen LogP contribution in [0.25, 0.3) is 0 Å². The number of hydrogen-bond acceptors (Lipinski definition) is 6. The standard InChI is InChI=1S/C22H24BrN3O3S/c1-21(2,3)29-20(27)26-17-8-6-5-7-16(17)22(18(26)28-4)13-24-19(30-22)25-15-11-9-14(23)10-12-15/h5-12,18H,13H2,1-4H3,(H,24,25)/t18-,22-/m0/s1. The third-order valence-corrected chi connectivity index (χ3v) is 6.77. The van der Waals surface area contributed by atoms with Crippen molar-refractivity contribution in [3.05, 3.63) is 58.6 Å². The Hall–Kier alpha value is -2.03. The Morgan fingerprint density at radius 2 is 1.93 bits per heavy atom. The fraction of sp³-hybridized carbons (Fsp3) is 0.364. The number of fused-ring (bicyclic) bond motifs is 2. The van der Waals surface area contributed by atoms with E-state index < -0.39 is 22.7 Å². The van der Waals surface area contributed by atoms with Gasteiger partial charge in [0.15, 0.2) is 11.4 Å². The molecule has 1 N–H and O–H groups in total. The zero-order chi connectivity index (χ0) is 21.5. The summed E-state index contributed by atoms with van der Waals surface area (Å²) >= 11 is 5.04. The molecule has 2 aromatic carbocycles. The first-order chi connectivity index (χ1) is 14.2. The quantitative estimate of drug-likeness (QED) is 0.595. The zero-order valence-corrected chi connectivity index (χ0v) is 19.7. The van der Waals surface area contributed by atoms with E-state index in [9.17, 15) is 4.79 Å². The molecule has 0 aromatic heterocycles. The average Bonchev–Trinajstić information content (AvgIpc) is 3.22. The Labute approximate surface area is 189 Å². The molecule has 2 heterocycles. The summed E-state index contributed by atoms with van der Waals surface area (Å²) in [6, 6.07) is 15.8. The van der Waals surface area contributed by atoms with Crippen molar-refractivity contribution in [2.45, 2.75) is 37.3 Å². The maximum atomic E-state index is 13.1. The number of amidine groups is 1. The normalized spacial score (nSPS) is 22.8. The van der Waals surface area contributed by atoms with Gasteiger partial charge < -0.3 is 14.8 Å². The van der Waals surface area contributed by atoms with Gasteiger partial charge in [-0.15, -0.1) is 0 Å². The van der Waals surface area contributed by atoms with Gasteiger partial charge in [-0.25, -0.2) is 9.69 Å². The number of carbonyl (C=O) groups excluding carboxylic acids is 1. The highest BCUT2D eigenvalue weighted by atomic mass is 79.9. The molecule has 2 atom stereocenters. The molecule has 158 valence electrons. The van der Waals surface area contributed by atoms with Crippen LogP contribution in [0, 0.1) is 0 Å². The number of methoxy groups -OCH3 is 1. The summed E-state index contributed by atoms with van der Waals surface area (Å²) in [6.07, 6.45) is -0.962. The van der Waals surface area contributed by atoms with Crippen molar-refractivity contribution in [1.82, 2.24) is 0 Å². The Bertz CT molecular complexity index is 990. The molecular weight excluding hydrogens is 466 g/mol. The molecular formula is C22H24BrN3O3S. The van der Waals surface area contributed by atoms with Crippen LogP contribution in [0.15, 0.2) is 58.0 Å². The second kappa shape index (κ2) is 7.90. The Balaban J connectivity index is 1.65. The first kappa shape index (κ1) is 21.2. The van der Waals surface area contributed by atoms with Crippen molar-refractivity contribution in [1.29, 1.82) is 0 Å². The van der Waals surface area contributed by atoms with Crippen molar-refractivity contribution in [2.75, 3.05) is 23.9 Å². The van der Waals surface area contributed by atoms with Crippen molar-refractivity contribution in [2.24, 2.45) is 4.99 Å². The number of amides is 1. The van der Waals surface area contributed by atoms with Gasteiger partial charge in [0.2, 0.25) is 0 Å². The molecule has 1 spiro atoms. The molecule has 0 saturated carbocycles. The van der Waals surface area contributed by atoms with Gasteiger partial charge in [-0.05, 0) is 56.7 Å². The highest BCUT2D eigenvalue weighted by Crippen LogP contribution is 2.55. The van der Waals surface area contributed by atoms with Crippen molar-refractivity contribution in [3.8, 4) is 0 Å². The summed E-state index contributed by atoms with van der Waals surface area (Å²) in [5.74, 6) is 0.